The summed E-state index contributed by atoms with van der Waals surface area (Å²) in [6.07, 6.45) is 0. The van der Waals surface area contributed by atoms with E-state index in [1.807, 2.05) is 0 Å². The van der Waals surface area contributed by atoms with Crippen molar-refractivity contribution in [3.05, 3.63) is 146 Å². The zero-order valence-corrected chi connectivity index (χ0v) is 24.1. The molecule has 0 unspecified atom stereocenters. The zero-order valence-electron chi connectivity index (χ0n) is 22.1. The molecule has 0 aliphatic heterocycles. The maximum atomic E-state index is 7.08. The van der Waals surface area contributed by atoms with E-state index in [0.717, 1.165) is 0 Å². The van der Waals surface area contributed by atoms with E-state index in [2.05, 4.69) is 159 Å². The first-order valence-corrected chi connectivity index (χ1v) is 17.2. The van der Waals surface area contributed by atoms with Gasteiger partial charge in [0, 0.05) is 13.2 Å². The standard InChI is InChI=1S/C34H34O2Si2/c1-3-35-37(29-19-9-5-10-20-29,30-21-11-6-12-22-30)33-27-17-18-28-34(33)38(36-4-2,31-23-13-7-14-24-31)32-25-15-8-16-26-32/h5-28H,3-4H2,1-2H3. The minimum atomic E-state index is -2.92. The van der Waals surface area contributed by atoms with Gasteiger partial charge < -0.3 is 8.85 Å². The summed E-state index contributed by atoms with van der Waals surface area (Å²) in [6, 6.07) is 52.2. The van der Waals surface area contributed by atoms with Gasteiger partial charge in [-0.25, -0.2) is 0 Å². The maximum Gasteiger partial charge on any atom is 0.288 e. The van der Waals surface area contributed by atoms with Gasteiger partial charge in [0.25, 0.3) is 16.6 Å². The Morgan fingerprint density at radius 2 is 0.605 bits per heavy atom. The fraction of sp³-hybridized carbons (Fsp3) is 0.118. The Bertz CT molecular complexity index is 1230. The van der Waals surface area contributed by atoms with Gasteiger partial charge in [-0.15, -0.1) is 0 Å². The Morgan fingerprint density at radius 3 is 0.842 bits per heavy atom. The van der Waals surface area contributed by atoms with Crippen LogP contribution < -0.4 is 31.1 Å². The van der Waals surface area contributed by atoms with Crippen LogP contribution in [0.2, 0.25) is 0 Å². The van der Waals surface area contributed by atoms with Crippen molar-refractivity contribution in [1.29, 1.82) is 0 Å². The Kier molecular flexibility index (Phi) is 8.15. The van der Waals surface area contributed by atoms with E-state index in [1.54, 1.807) is 0 Å². The third-order valence-corrected chi connectivity index (χ3v) is 15.8. The van der Waals surface area contributed by atoms with E-state index < -0.39 is 16.6 Å². The van der Waals surface area contributed by atoms with Crippen LogP contribution in [-0.2, 0) is 8.85 Å². The first kappa shape index (κ1) is 26.1. The molecule has 0 saturated heterocycles. The van der Waals surface area contributed by atoms with E-state index in [-0.39, 0.29) is 0 Å². The molecule has 0 aliphatic rings. The van der Waals surface area contributed by atoms with E-state index in [1.165, 1.54) is 31.1 Å². The zero-order chi connectivity index (χ0) is 26.3. The molecular formula is C34H34O2Si2. The summed E-state index contributed by atoms with van der Waals surface area (Å²) in [5.74, 6) is 0. The minimum absolute atomic E-state index is 0.615. The van der Waals surface area contributed by atoms with Gasteiger partial charge in [-0.1, -0.05) is 146 Å². The van der Waals surface area contributed by atoms with Crippen molar-refractivity contribution in [2.75, 3.05) is 13.2 Å². The van der Waals surface area contributed by atoms with Crippen LogP contribution >= 0.6 is 0 Å². The van der Waals surface area contributed by atoms with E-state index in [9.17, 15) is 0 Å². The smallest absolute Gasteiger partial charge is 0.288 e. The molecule has 38 heavy (non-hydrogen) atoms. The molecule has 0 heterocycles. The van der Waals surface area contributed by atoms with Crippen LogP contribution in [0.15, 0.2) is 146 Å². The lowest BCUT2D eigenvalue weighted by atomic mass is 10.3. The lowest BCUT2D eigenvalue weighted by Crippen LogP contribution is -2.80. The average Bonchev–Trinajstić information content (AvgIpc) is 3.00. The highest BCUT2D eigenvalue weighted by atomic mass is 28.4. The quantitative estimate of drug-likeness (QED) is 0.203. The summed E-state index contributed by atoms with van der Waals surface area (Å²) in [5, 5.41) is 7.46. The van der Waals surface area contributed by atoms with Gasteiger partial charge in [0.1, 0.15) is 0 Å². The average molecular weight is 531 g/mol. The second-order valence-electron chi connectivity index (χ2n) is 9.24. The molecule has 190 valence electrons. The Hall–Kier alpha value is -3.55. The molecule has 5 aromatic rings. The first-order chi connectivity index (χ1) is 18.8. The highest BCUT2D eigenvalue weighted by Gasteiger charge is 2.50. The SMILES string of the molecule is CCO[Si](c1ccccc1)(c1ccccc1)c1ccccc1[Si](OCC)(c1ccccc1)c1ccccc1. The largest absolute Gasteiger partial charge is 0.405 e. The Balaban J connectivity index is 1.92. The molecule has 5 rings (SSSR count). The molecule has 5 aromatic carbocycles. The summed E-state index contributed by atoms with van der Waals surface area (Å²) < 4.78 is 14.2. The van der Waals surface area contributed by atoms with Crippen molar-refractivity contribution in [3.63, 3.8) is 0 Å². The topological polar surface area (TPSA) is 18.5 Å². The van der Waals surface area contributed by atoms with Crippen LogP contribution in [0, 0.1) is 0 Å². The van der Waals surface area contributed by atoms with Crippen molar-refractivity contribution >= 4 is 47.8 Å². The molecule has 0 bridgehead atoms. The number of hydrogen-bond acceptors (Lipinski definition) is 2. The molecular weight excluding hydrogens is 497 g/mol. The van der Waals surface area contributed by atoms with Crippen LogP contribution in [0.5, 0.6) is 0 Å². The predicted molar refractivity (Wildman–Crippen MR) is 165 cm³/mol. The number of rotatable bonds is 10. The van der Waals surface area contributed by atoms with E-state index in [0.29, 0.717) is 13.2 Å². The molecule has 0 amide bonds. The van der Waals surface area contributed by atoms with Crippen LogP contribution in [0.4, 0.5) is 0 Å². The number of hydrogen-bond donors (Lipinski definition) is 0. The van der Waals surface area contributed by atoms with Crippen molar-refractivity contribution in [3.8, 4) is 0 Å². The summed E-state index contributed by atoms with van der Waals surface area (Å²) in [6.45, 7) is 5.45. The fourth-order valence-electron chi connectivity index (χ4n) is 5.67. The lowest BCUT2D eigenvalue weighted by molar-refractivity contribution is 0.344. The molecule has 0 aliphatic carbocycles. The van der Waals surface area contributed by atoms with Crippen molar-refractivity contribution in [2.45, 2.75) is 13.8 Å². The predicted octanol–water partition coefficient (Wildman–Crippen LogP) is 3.69. The molecule has 0 radical (unpaired) electrons. The Morgan fingerprint density at radius 1 is 0.368 bits per heavy atom. The lowest BCUT2D eigenvalue weighted by Gasteiger charge is -2.39. The summed E-state index contributed by atoms with van der Waals surface area (Å²) in [4.78, 5) is 0. The molecule has 0 atom stereocenters. The van der Waals surface area contributed by atoms with E-state index in [4.69, 9.17) is 8.85 Å². The molecule has 0 fully saturated rings. The molecule has 0 N–H and O–H groups in total. The summed E-state index contributed by atoms with van der Waals surface area (Å²) in [7, 11) is -5.84. The van der Waals surface area contributed by atoms with Gasteiger partial charge in [0.15, 0.2) is 0 Å². The third-order valence-electron chi connectivity index (χ3n) is 7.13. The molecule has 2 nitrogen and oxygen atoms in total. The minimum Gasteiger partial charge on any atom is -0.405 e. The van der Waals surface area contributed by atoms with Crippen molar-refractivity contribution in [2.24, 2.45) is 0 Å². The van der Waals surface area contributed by atoms with Crippen LogP contribution in [0.1, 0.15) is 13.8 Å². The van der Waals surface area contributed by atoms with Gasteiger partial charge in [0.05, 0.1) is 0 Å². The third kappa shape index (κ3) is 4.61. The normalized spacial score (nSPS) is 11.8. The highest BCUT2D eigenvalue weighted by Crippen LogP contribution is 2.14. The molecule has 0 aromatic heterocycles. The summed E-state index contributed by atoms with van der Waals surface area (Å²) >= 11 is 0. The summed E-state index contributed by atoms with van der Waals surface area (Å²) in [5.41, 5.74) is 0. The molecule has 4 heteroatoms. The van der Waals surface area contributed by atoms with Crippen molar-refractivity contribution < 1.29 is 8.85 Å². The maximum absolute atomic E-state index is 7.08. The second kappa shape index (κ2) is 11.9. The molecule has 0 spiro atoms. The monoisotopic (exact) mass is 530 g/mol. The van der Waals surface area contributed by atoms with Gasteiger partial charge in [0.2, 0.25) is 0 Å². The first-order valence-electron chi connectivity index (χ1n) is 13.4. The van der Waals surface area contributed by atoms with E-state index >= 15 is 0 Å². The van der Waals surface area contributed by atoms with Crippen LogP contribution in [0.3, 0.4) is 0 Å². The van der Waals surface area contributed by atoms with Crippen LogP contribution in [0.25, 0.3) is 0 Å². The van der Waals surface area contributed by atoms with Gasteiger partial charge in [-0.3, -0.25) is 0 Å². The second-order valence-corrected chi connectivity index (χ2v) is 15.9. The number of benzene rings is 5. The van der Waals surface area contributed by atoms with Crippen LogP contribution in [-0.4, -0.2) is 29.8 Å². The van der Waals surface area contributed by atoms with Gasteiger partial charge in [-0.2, -0.15) is 0 Å². The molecule has 0 saturated carbocycles. The van der Waals surface area contributed by atoms with Gasteiger partial charge in [-0.05, 0) is 45.0 Å². The van der Waals surface area contributed by atoms with Gasteiger partial charge >= 0.3 is 0 Å². The highest BCUT2D eigenvalue weighted by molar-refractivity contribution is 7.15. The fourth-order valence-corrected chi connectivity index (χ4v) is 14.7. The Labute approximate surface area is 228 Å². The van der Waals surface area contributed by atoms with Crippen molar-refractivity contribution in [1.82, 2.24) is 0 Å².